The van der Waals surface area contributed by atoms with E-state index in [-0.39, 0.29) is 32.6 Å². The topological polar surface area (TPSA) is 134 Å². The maximum Gasteiger partial charge on any atom is 0.472 e. The summed E-state index contributed by atoms with van der Waals surface area (Å²) in [6.07, 6.45) is 76.8. The third-order valence-corrected chi connectivity index (χ3v) is 12.3. The minimum absolute atomic E-state index is 0.0376. The second-order valence-electron chi connectivity index (χ2n) is 18.1. The number of rotatable bonds is 51. The first-order valence-electron chi connectivity index (χ1n) is 28.0. The Labute approximate surface area is 434 Å². The van der Waals surface area contributed by atoms with Gasteiger partial charge >= 0.3 is 19.8 Å². The van der Waals surface area contributed by atoms with Crippen molar-refractivity contribution < 1.29 is 37.6 Å². The maximum atomic E-state index is 12.7. The van der Waals surface area contributed by atoms with Crippen LogP contribution in [0.5, 0.6) is 0 Å². The molecule has 0 aromatic rings. The molecule has 0 bridgehead atoms. The fourth-order valence-corrected chi connectivity index (χ4v) is 7.98. The summed E-state index contributed by atoms with van der Waals surface area (Å²) in [5.74, 6) is -0.906. The van der Waals surface area contributed by atoms with Gasteiger partial charge in [0.2, 0.25) is 0 Å². The van der Waals surface area contributed by atoms with Crippen molar-refractivity contribution in [3.8, 4) is 0 Å². The minimum atomic E-state index is -4.41. The molecule has 0 radical (unpaired) electrons. The van der Waals surface area contributed by atoms with Crippen LogP contribution >= 0.6 is 7.82 Å². The highest BCUT2D eigenvalue weighted by molar-refractivity contribution is 7.47. The Morgan fingerprint density at radius 2 is 0.789 bits per heavy atom. The van der Waals surface area contributed by atoms with E-state index in [2.05, 4.69) is 129 Å². The number of nitrogens with two attached hydrogens (primary N) is 1. The van der Waals surface area contributed by atoms with Crippen LogP contribution in [-0.2, 0) is 32.7 Å². The van der Waals surface area contributed by atoms with Gasteiger partial charge < -0.3 is 20.1 Å². The zero-order valence-corrected chi connectivity index (χ0v) is 45.8. The average molecular weight is 1010 g/mol. The number of phosphoric ester groups is 1. The van der Waals surface area contributed by atoms with E-state index in [9.17, 15) is 19.0 Å². The molecule has 0 aromatic carbocycles. The predicted molar refractivity (Wildman–Crippen MR) is 302 cm³/mol. The van der Waals surface area contributed by atoms with Crippen LogP contribution in [0, 0.1) is 0 Å². The zero-order valence-electron chi connectivity index (χ0n) is 44.9. The number of ether oxygens (including phenoxy) is 2. The molecule has 71 heavy (non-hydrogen) atoms. The molecular formula is C61H102NO8P. The first-order chi connectivity index (χ1) is 34.8. The lowest BCUT2D eigenvalue weighted by Gasteiger charge is -2.19. The van der Waals surface area contributed by atoms with Gasteiger partial charge in [-0.2, -0.15) is 0 Å². The SMILES string of the molecule is CC/C=C\C/C=C\C/C=C\C/C=C\C/C=C\C/C=C\C/C=C\C/C=C\C/C=C\CCCC(=O)OC(COC(=O)CCCCCCCCCCC/C=C\CCCCCCCCCC)COP(=O)(O)OCCN. The van der Waals surface area contributed by atoms with E-state index in [1.165, 1.54) is 96.3 Å². The highest BCUT2D eigenvalue weighted by atomic mass is 31.2. The molecule has 2 unspecified atom stereocenters. The van der Waals surface area contributed by atoms with Crippen molar-refractivity contribution in [1.82, 2.24) is 0 Å². The largest absolute Gasteiger partial charge is 0.472 e. The Bertz CT molecular complexity index is 1570. The number of unbranched alkanes of at least 4 members (excludes halogenated alkanes) is 18. The summed E-state index contributed by atoms with van der Waals surface area (Å²) in [4.78, 5) is 35.1. The van der Waals surface area contributed by atoms with E-state index < -0.39 is 32.5 Å². The predicted octanol–water partition coefficient (Wildman–Crippen LogP) is 17.6. The quantitative estimate of drug-likeness (QED) is 0.0264. The van der Waals surface area contributed by atoms with Crippen LogP contribution in [0.3, 0.4) is 0 Å². The molecule has 0 fully saturated rings. The van der Waals surface area contributed by atoms with Gasteiger partial charge in [-0.25, -0.2) is 4.57 Å². The Hall–Kier alpha value is -3.59. The van der Waals surface area contributed by atoms with Crippen molar-refractivity contribution in [3.63, 3.8) is 0 Å². The molecule has 2 atom stereocenters. The van der Waals surface area contributed by atoms with Gasteiger partial charge in [-0.1, -0.05) is 225 Å². The first-order valence-corrected chi connectivity index (χ1v) is 29.5. The van der Waals surface area contributed by atoms with Crippen molar-refractivity contribution in [2.24, 2.45) is 5.73 Å². The molecule has 0 spiro atoms. The number of allylic oxidation sites excluding steroid dienone is 20. The van der Waals surface area contributed by atoms with Gasteiger partial charge in [-0.05, 0) is 103 Å². The molecular weight excluding hydrogens is 906 g/mol. The van der Waals surface area contributed by atoms with Crippen molar-refractivity contribution >= 4 is 19.8 Å². The Balaban J connectivity index is 4.16. The van der Waals surface area contributed by atoms with E-state index in [0.29, 0.717) is 12.8 Å². The van der Waals surface area contributed by atoms with Gasteiger partial charge in [0, 0.05) is 19.4 Å². The van der Waals surface area contributed by atoms with Crippen molar-refractivity contribution in [3.05, 3.63) is 122 Å². The summed E-state index contributed by atoms with van der Waals surface area (Å²) < 4.78 is 32.9. The lowest BCUT2D eigenvalue weighted by Crippen LogP contribution is -2.29. The third kappa shape index (κ3) is 55.6. The molecule has 10 heteroatoms. The van der Waals surface area contributed by atoms with Gasteiger partial charge in [0.25, 0.3) is 0 Å². The smallest absolute Gasteiger partial charge is 0.462 e. The van der Waals surface area contributed by atoms with Crippen LogP contribution in [-0.4, -0.2) is 49.3 Å². The van der Waals surface area contributed by atoms with Crippen LogP contribution in [0.25, 0.3) is 0 Å². The molecule has 0 rings (SSSR count). The molecule has 0 aromatic heterocycles. The van der Waals surface area contributed by atoms with E-state index >= 15 is 0 Å². The molecule has 0 aliphatic carbocycles. The highest BCUT2D eigenvalue weighted by Gasteiger charge is 2.26. The molecule has 0 amide bonds. The van der Waals surface area contributed by atoms with Crippen LogP contribution < -0.4 is 5.73 Å². The number of phosphoric acid groups is 1. The Morgan fingerprint density at radius 3 is 1.21 bits per heavy atom. The molecule has 0 heterocycles. The summed E-state index contributed by atoms with van der Waals surface area (Å²) in [5, 5.41) is 0. The van der Waals surface area contributed by atoms with Crippen molar-refractivity contribution in [2.75, 3.05) is 26.4 Å². The number of hydrogen-bond acceptors (Lipinski definition) is 8. The lowest BCUT2D eigenvalue weighted by atomic mass is 10.1. The highest BCUT2D eigenvalue weighted by Crippen LogP contribution is 2.43. The van der Waals surface area contributed by atoms with Crippen LogP contribution in [0.15, 0.2) is 122 Å². The van der Waals surface area contributed by atoms with Gasteiger partial charge in [-0.3, -0.25) is 18.6 Å². The number of esters is 2. The third-order valence-electron chi connectivity index (χ3n) is 11.3. The normalized spacial score (nSPS) is 14.0. The summed E-state index contributed by atoms with van der Waals surface area (Å²) in [6, 6.07) is 0. The van der Waals surface area contributed by atoms with Crippen molar-refractivity contribution in [1.29, 1.82) is 0 Å². The van der Waals surface area contributed by atoms with E-state index in [0.717, 1.165) is 83.5 Å². The number of carbonyl (C=O) groups excluding carboxylic acids is 2. The molecule has 404 valence electrons. The fourth-order valence-electron chi connectivity index (χ4n) is 7.22. The Kier molecular flexibility index (Phi) is 52.9. The molecule has 0 aliphatic rings. The van der Waals surface area contributed by atoms with Gasteiger partial charge in [0.05, 0.1) is 13.2 Å². The van der Waals surface area contributed by atoms with Crippen LogP contribution in [0.4, 0.5) is 0 Å². The fraction of sp³-hybridized carbons (Fsp3) is 0.639. The standard InChI is InChI=1S/C61H102NO8P/c1-3-5-7-9-11-13-15-17-19-21-23-25-26-27-28-29-30-31-32-34-36-38-40-42-44-46-48-50-52-54-61(64)70-59(58-69-71(65,66)68-56-55-62)57-67-60(63)53-51-49-47-45-43-41-39-37-35-33-24-22-20-18-16-14-12-10-8-6-4-2/h5,7,11,13,17,19,22-25,27-28,30-31,34,36,40,42,46,48,59H,3-4,6,8-10,12,14-16,18,20-21,26,29,32-33,35,37-39,41,43-45,47,49-58,62H2,1-2H3,(H,65,66)/b7-5-,13-11-,19-17-,24-22-,25-23-,28-27-,31-30-,36-34-,42-40-,48-46-. The van der Waals surface area contributed by atoms with Crippen molar-refractivity contribution in [2.45, 2.75) is 225 Å². The average Bonchev–Trinajstić information content (AvgIpc) is 3.36. The second-order valence-corrected chi connectivity index (χ2v) is 19.5. The monoisotopic (exact) mass is 1010 g/mol. The van der Waals surface area contributed by atoms with E-state index in [4.69, 9.17) is 24.3 Å². The summed E-state index contributed by atoms with van der Waals surface area (Å²) in [7, 11) is -4.41. The zero-order chi connectivity index (χ0) is 51.7. The van der Waals surface area contributed by atoms with Gasteiger partial charge in [0.15, 0.2) is 6.10 Å². The first kappa shape index (κ1) is 67.4. The Morgan fingerprint density at radius 1 is 0.437 bits per heavy atom. The van der Waals surface area contributed by atoms with Crippen LogP contribution in [0.2, 0.25) is 0 Å². The molecule has 3 N–H and O–H groups in total. The summed E-state index contributed by atoms with van der Waals surface area (Å²) in [5.41, 5.74) is 5.37. The number of hydrogen-bond donors (Lipinski definition) is 2. The van der Waals surface area contributed by atoms with Gasteiger partial charge in [-0.15, -0.1) is 0 Å². The van der Waals surface area contributed by atoms with E-state index in [1.54, 1.807) is 0 Å². The summed E-state index contributed by atoms with van der Waals surface area (Å²) in [6.45, 7) is 3.55. The maximum absolute atomic E-state index is 12.7. The second kappa shape index (κ2) is 55.7. The summed E-state index contributed by atoms with van der Waals surface area (Å²) >= 11 is 0. The van der Waals surface area contributed by atoms with Gasteiger partial charge in [0.1, 0.15) is 6.61 Å². The molecule has 9 nitrogen and oxygen atoms in total. The minimum Gasteiger partial charge on any atom is -0.462 e. The van der Waals surface area contributed by atoms with Crippen LogP contribution in [0.1, 0.15) is 219 Å². The molecule has 0 saturated carbocycles. The number of carbonyl (C=O) groups is 2. The van der Waals surface area contributed by atoms with E-state index in [1.807, 2.05) is 6.08 Å². The molecule has 0 aliphatic heterocycles. The molecule has 0 saturated heterocycles. The lowest BCUT2D eigenvalue weighted by molar-refractivity contribution is -0.161.